The molecule has 2 N–H and O–H groups in total. The average Bonchev–Trinajstić information content (AvgIpc) is 2.34. The third kappa shape index (κ3) is 2.69. The number of anilines is 1. The molecule has 0 spiro atoms. The largest absolute Gasteiger partial charge is 0.399 e. The van der Waals surface area contributed by atoms with E-state index in [1.165, 1.54) is 0 Å². The number of rotatable bonds is 3. The lowest BCUT2D eigenvalue weighted by atomic mass is 10.0. The van der Waals surface area contributed by atoms with Crippen LogP contribution >= 0.6 is 0 Å². The van der Waals surface area contributed by atoms with Gasteiger partial charge >= 0.3 is 0 Å². The van der Waals surface area contributed by atoms with E-state index in [9.17, 15) is 4.79 Å². The molecule has 0 saturated carbocycles. The Balaban J connectivity index is 2.18. The number of nitrogens with two attached hydrogens (primary N) is 1. The van der Waals surface area contributed by atoms with E-state index in [4.69, 9.17) is 5.73 Å². The van der Waals surface area contributed by atoms with Gasteiger partial charge < -0.3 is 5.73 Å². The fraction of sp³-hybridized carbons (Fsp3) is 0.143. The van der Waals surface area contributed by atoms with E-state index in [0.717, 1.165) is 11.3 Å². The van der Waals surface area contributed by atoms with Gasteiger partial charge in [-0.3, -0.25) is 9.78 Å². The number of hydrogen-bond acceptors (Lipinski definition) is 3. The fourth-order valence-electron chi connectivity index (χ4n) is 1.62. The molecule has 0 aliphatic rings. The minimum atomic E-state index is 0.0619. The zero-order valence-electron chi connectivity index (χ0n) is 9.68. The molecule has 86 valence electrons. The second kappa shape index (κ2) is 4.78. The van der Waals surface area contributed by atoms with Crippen LogP contribution in [-0.2, 0) is 6.42 Å². The van der Waals surface area contributed by atoms with E-state index >= 15 is 0 Å². The second-order valence-corrected chi connectivity index (χ2v) is 3.99. The number of ketones is 1. The van der Waals surface area contributed by atoms with Crippen molar-refractivity contribution >= 4 is 11.5 Å². The van der Waals surface area contributed by atoms with Crippen LogP contribution in [0.25, 0.3) is 0 Å². The van der Waals surface area contributed by atoms with E-state index in [1.807, 2.05) is 31.2 Å². The number of hydrogen-bond donors (Lipinski definition) is 1. The molecule has 0 amide bonds. The number of carbonyl (C=O) groups is 1. The third-order valence-corrected chi connectivity index (χ3v) is 2.66. The standard InChI is InChI=1S/C14H14N2O/c1-10-8-11(5-6-13(10)15)14(17)9-12-4-2-3-7-16-12/h2-8H,9,15H2,1H3. The molecule has 0 aliphatic carbocycles. The van der Waals surface area contributed by atoms with E-state index in [1.54, 1.807) is 18.3 Å². The van der Waals surface area contributed by atoms with Gasteiger partial charge in [0.05, 0.1) is 6.42 Å². The van der Waals surface area contributed by atoms with Gasteiger partial charge in [0.15, 0.2) is 5.78 Å². The van der Waals surface area contributed by atoms with Gasteiger partial charge in [-0.25, -0.2) is 0 Å². The molecular weight excluding hydrogens is 212 g/mol. The fourth-order valence-corrected chi connectivity index (χ4v) is 1.62. The van der Waals surface area contributed by atoms with Gasteiger partial charge in [0, 0.05) is 23.1 Å². The molecule has 0 unspecified atom stereocenters. The van der Waals surface area contributed by atoms with Crippen LogP contribution in [0.5, 0.6) is 0 Å². The number of aromatic nitrogens is 1. The molecule has 0 saturated heterocycles. The van der Waals surface area contributed by atoms with Crippen LogP contribution in [0.4, 0.5) is 5.69 Å². The lowest BCUT2D eigenvalue weighted by molar-refractivity contribution is 0.0992. The normalized spacial score (nSPS) is 10.2. The minimum Gasteiger partial charge on any atom is -0.399 e. The highest BCUT2D eigenvalue weighted by Gasteiger charge is 2.08. The summed E-state index contributed by atoms with van der Waals surface area (Å²) in [6, 6.07) is 10.9. The van der Waals surface area contributed by atoms with Crippen LogP contribution in [0.1, 0.15) is 21.6 Å². The van der Waals surface area contributed by atoms with Crippen molar-refractivity contribution in [2.24, 2.45) is 0 Å². The zero-order chi connectivity index (χ0) is 12.3. The van der Waals surface area contributed by atoms with Crippen molar-refractivity contribution in [1.29, 1.82) is 0 Å². The smallest absolute Gasteiger partial charge is 0.168 e. The Morgan fingerprint density at radius 3 is 2.76 bits per heavy atom. The SMILES string of the molecule is Cc1cc(C(=O)Cc2ccccn2)ccc1N. The number of carbonyl (C=O) groups excluding carboxylic acids is 1. The lowest BCUT2D eigenvalue weighted by Gasteiger charge is -2.04. The summed E-state index contributed by atoms with van der Waals surface area (Å²) in [6.45, 7) is 1.90. The summed E-state index contributed by atoms with van der Waals surface area (Å²) in [5.41, 5.74) is 8.82. The van der Waals surface area contributed by atoms with E-state index in [-0.39, 0.29) is 5.78 Å². The van der Waals surface area contributed by atoms with Crippen molar-refractivity contribution in [1.82, 2.24) is 4.98 Å². The average molecular weight is 226 g/mol. The molecule has 2 aromatic rings. The molecule has 1 heterocycles. The van der Waals surface area contributed by atoms with Gasteiger partial charge in [-0.1, -0.05) is 6.07 Å². The Hall–Kier alpha value is -2.16. The van der Waals surface area contributed by atoms with Crippen molar-refractivity contribution in [3.63, 3.8) is 0 Å². The molecule has 0 radical (unpaired) electrons. The van der Waals surface area contributed by atoms with Crippen LogP contribution in [0.3, 0.4) is 0 Å². The Morgan fingerprint density at radius 2 is 2.12 bits per heavy atom. The molecule has 2 rings (SSSR count). The van der Waals surface area contributed by atoms with Gasteiger partial charge in [-0.15, -0.1) is 0 Å². The maximum Gasteiger partial charge on any atom is 0.168 e. The first-order valence-corrected chi connectivity index (χ1v) is 5.46. The summed E-state index contributed by atoms with van der Waals surface area (Å²) in [5.74, 6) is 0.0619. The molecule has 17 heavy (non-hydrogen) atoms. The van der Waals surface area contributed by atoms with Gasteiger partial charge in [0.2, 0.25) is 0 Å². The maximum absolute atomic E-state index is 12.0. The summed E-state index contributed by atoms with van der Waals surface area (Å²) in [7, 11) is 0. The van der Waals surface area contributed by atoms with E-state index in [0.29, 0.717) is 17.7 Å². The molecular formula is C14H14N2O. The number of aryl methyl sites for hydroxylation is 1. The van der Waals surface area contributed by atoms with Crippen molar-refractivity contribution in [3.05, 3.63) is 59.4 Å². The summed E-state index contributed by atoms with van der Waals surface area (Å²) in [6.07, 6.45) is 2.01. The van der Waals surface area contributed by atoms with E-state index < -0.39 is 0 Å². The molecule has 3 nitrogen and oxygen atoms in total. The molecule has 0 fully saturated rings. The Kier molecular flexibility index (Phi) is 3.19. The monoisotopic (exact) mass is 226 g/mol. The lowest BCUT2D eigenvalue weighted by Crippen LogP contribution is -2.05. The summed E-state index contributed by atoms with van der Waals surface area (Å²) in [4.78, 5) is 16.1. The number of nitrogen functional groups attached to an aromatic ring is 1. The zero-order valence-corrected chi connectivity index (χ0v) is 9.68. The first-order valence-electron chi connectivity index (χ1n) is 5.46. The highest BCUT2D eigenvalue weighted by atomic mass is 16.1. The second-order valence-electron chi connectivity index (χ2n) is 3.99. The van der Waals surface area contributed by atoms with Crippen molar-refractivity contribution in [2.45, 2.75) is 13.3 Å². The van der Waals surface area contributed by atoms with Crippen molar-refractivity contribution in [2.75, 3.05) is 5.73 Å². The first kappa shape index (κ1) is 11.3. The maximum atomic E-state index is 12.0. The predicted molar refractivity (Wildman–Crippen MR) is 67.9 cm³/mol. The number of Topliss-reactive ketones (excluding diaryl/α,β-unsaturated/α-hetero) is 1. The number of nitrogens with zero attached hydrogens (tertiary/aromatic N) is 1. The number of benzene rings is 1. The van der Waals surface area contributed by atoms with Crippen LogP contribution in [0.15, 0.2) is 42.6 Å². The summed E-state index contributed by atoms with van der Waals surface area (Å²) < 4.78 is 0. The van der Waals surface area contributed by atoms with E-state index in [2.05, 4.69) is 4.98 Å². The van der Waals surface area contributed by atoms with Crippen LogP contribution in [0.2, 0.25) is 0 Å². The molecule has 1 aromatic heterocycles. The highest BCUT2D eigenvalue weighted by Crippen LogP contribution is 2.14. The molecule has 0 bridgehead atoms. The predicted octanol–water partition coefficient (Wildman–Crippen LogP) is 2.40. The Morgan fingerprint density at radius 1 is 1.29 bits per heavy atom. The van der Waals surface area contributed by atoms with Gasteiger partial charge in [-0.2, -0.15) is 0 Å². The summed E-state index contributed by atoms with van der Waals surface area (Å²) in [5, 5.41) is 0. The quantitative estimate of drug-likeness (QED) is 0.645. The third-order valence-electron chi connectivity index (χ3n) is 2.66. The molecule has 1 aromatic carbocycles. The van der Waals surface area contributed by atoms with Crippen LogP contribution in [-0.4, -0.2) is 10.8 Å². The van der Waals surface area contributed by atoms with Gasteiger partial charge in [-0.05, 0) is 42.8 Å². The van der Waals surface area contributed by atoms with Crippen LogP contribution in [0, 0.1) is 6.92 Å². The summed E-state index contributed by atoms with van der Waals surface area (Å²) >= 11 is 0. The molecule has 3 heteroatoms. The first-order chi connectivity index (χ1) is 8.16. The molecule has 0 aliphatic heterocycles. The van der Waals surface area contributed by atoms with Crippen molar-refractivity contribution < 1.29 is 4.79 Å². The Labute approximate surface area is 100 Å². The number of pyridine rings is 1. The van der Waals surface area contributed by atoms with Gasteiger partial charge in [0.25, 0.3) is 0 Å². The molecule has 0 atom stereocenters. The highest BCUT2D eigenvalue weighted by molar-refractivity contribution is 5.97. The van der Waals surface area contributed by atoms with Gasteiger partial charge in [0.1, 0.15) is 0 Å². The minimum absolute atomic E-state index is 0.0619. The Bertz CT molecular complexity index is 535. The van der Waals surface area contributed by atoms with Crippen LogP contribution < -0.4 is 5.73 Å². The topological polar surface area (TPSA) is 56.0 Å². The van der Waals surface area contributed by atoms with Crippen molar-refractivity contribution in [3.8, 4) is 0 Å².